The molecule has 2 N–H and O–H groups in total. The van der Waals surface area contributed by atoms with E-state index in [0.29, 0.717) is 19.5 Å². The molecule has 104 valence electrons. The van der Waals surface area contributed by atoms with E-state index in [-0.39, 0.29) is 6.03 Å². The number of carbonyl (C=O) groups excluding carboxylic acids is 1. The molecule has 0 saturated heterocycles. The Labute approximate surface area is 112 Å². The molecule has 1 heterocycles. The van der Waals surface area contributed by atoms with Crippen LogP contribution in [0.2, 0.25) is 0 Å². The number of carboxylic acids is 1. The maximum atomic E-state index is 11.7. The van der Waals surface area contributed by atoms with Gasteiger partial charge in [-0.1, -0.05) is 13.0 Å². The van der Waals surface area contributed by atoms with Gasteiger partial charge in [0.05, 0.1) is 18.2 Å². The van der Waals surface area contributed by atoms with E-state index in [1.807, 2.05) is 18.2 Å². The lowest BCUT2D eigenvalue weighted by atomic mass is 10.1. The highest BCUT2D eigenvalue weighted by atomic mass is 16.4. The molecule has 0 saturated carbocycles. The molecule has 1 aromatic rings. The van der Waals surface area contributed by atoms with Crippen LogP contribution in [0.1, 0.15) is 19.0 Å². The third-order valence-electron chi connectivity index (χ3n) is 2.75. The predicted octanol–water partition coefficient (Wildman–Crippen LogP) is 1.33. The molecule has 0 bridgehead atoms. The van der Waals surface area contributed by atoms with Crippen molar-refractivity contribution in [3.05, 3.63) is 30.1 Å². The van der Waals surface area contributed by atoms with E-state index >= 15 is 0 Å². The highest BCUT2D eigenvalue weighted by molar-refractivity contribution is 5.74. The second kappa shape index (κ2) is 7.35. The van der Waals surface area contributed by atoms with Crippen LogP contribution in [0, 0.1) is 5.92 Å². The maximum absolute atomic E-state index is 11.7. The van der Waals surface area contributed by atoms with E-state index in [4.69, 9.17) is 5.11 Å². The molecule has 6 nitrogen and oxygen atoms in total. The van der Waals surface area contributed by atoms with Gasteiger partial charge in [-0.05, 0) is 18.6 Å². The van der Waals surface area contributed by atoms with E-state index in [2.05, 4.69) is 10.3 Å². The van der Waals surface area contributed by atoms with Gasteiger partial charge in [0, 0.05) is 19.8 Å². The molecule has 1 unspecified atom stereocenters. The minimum atomic E-state index is -0.851. The number of aliphatic carboxylic acids is 1. The first kappa shape index (κ1) is 14.9. The maximum Gasteiger partial charge on any atom is 0.317 e. The summed E-state index contributed by atoms with van der Waals surface area (Å²) in [6.45, 7) is 2.38. The van der Waals surface area contributed by atoms with Crippen molar-refractivity contribution in [2.45, 2.75) is 19.9 Å². The first-order valence-corrected chi connectivity index (χ1v) is 6.12. The quantitative estimate of drug-likeness (QED) is 0.813. The van der Waals surface area contributed by atoms with Crippen LogP contribution in [-0.2, 0) is 11.3 Å². The summed E-state index contributed by atoms with van der Waals surface area (Å²) in [5.41, 5.74) is 0.805. The van der Waals surface area contributed by atoms with Crippen LogP contribution in [0.15, 0.2) is 24.4 Å². The molecule has 19 heavy (non-hydrogen) atoms. The number of carbonyl (C=O) groups is 2. The zero-order chi connectivity index (χ0) is 14.3. The lowest BCUT2D eigenvalue weighted by Gasteiger charge is -2.17. The molecule has 0 aliphatic heterocycles. The normalized spacial score (nSPS) is 11.7. The van der Waals surface area contributed by atoms with E-state index in [1.165, 1.54) is 4.90 Å². The predicted molar refractivity (Wildman–Crippen MR) is 70.5 cm³/mol. The van der Waals surface area contributed by atoms with E-state index in [9.17, 15) is 9.59 Å². The van der Waals surface area contributed by atoms with Crippen LogP contribution in [0.5, 0.6) is 0 Å². The minimum Gasteiger partial charge on any atom is -0.481 e. The van der Waals surface area contributed by atoms with Gasteiger partial charge in [-0.25, -0.2) is 4.79 Å². The second-order valence-corrected chi connectivity index (χ2v) is 4.44. The zero-order valence-corrected chi connectivity index (χ0v) is 11.2. The Bertz CT molecular complexity index is 422. The van der Waals surface area contributed by atoms with Crippen molar-refractivity contribution >= 4 is 12.0 Å². The molecular weight excluding hydrogens is 246 g/mol. The minimum absolute atomic E-state index is 0.233. The third kappa shape index (κ3) is 5.37. The van der Waals surface area contributed by atoms with E-state index < -0.39 is 11.9 Å². The summed E-state index contributed by atoms with van der Waals surface area (Å²) in [6.07, 6.45) is 2.09. The van der Waals surface area contributed by atoms with Crippen molar-refractivity contribution in [3.8, 4) is 0 Å². The molecule has 1 rings (SSSR count). The summed E-state index contributed by atoms with van der Waals surface area (Å²) < 4.78 is 0. The van der Waals surface area contributed by atoms with Gasteiger partial charge in [-0.15, -0.1) is 0 Å². The molecule has 6 heteroatoms. The van der Waals surface area contributed by atoms with Gasteiger partial charge >= 0.3 is 12.0 Å². The van der Waals surface area contributed by atoms with Gasteiger partial charge in [0.15, 0.2) is 0 Å². The Balaban J connectivity index is 2.31. The topological polar surface area (TPSA) is 82.5 Å². The Morgan fingerprint density at radius 3 is 2.79 bits per heavy atom. The van der Waals surface area contributed by atoms with Crippen LogP contribution in [0.25, 0.3) is 0 Å². The van der Waals surface area contributed by atoms with Crippen LogP contribution in [0.4, 0.5) is 4.79 Å². The largest absolute Gasteiger partial charge is 0.481 e. The number of hydrogen-bond acceptors (Lipinski definition) is 3. The van der Waals surface area contributed by atoms with Gasteiger partial charge in [0.2, 0.25) is 0 Å². The SMILES string of the molecule is CC(CCNC(=O)N(C)Cc1ccccn1)C(=O)O. The van der Waals surface area contributed by atoms with Crippen LogP contribution < -0.4 is 5.32 Å². The fraction of sp³-hybridized carbons (Fsp3) is 0.462. The average Bonchev–Trinajstić information content (AvgIpc) is 2.39. The van der Waals surface area contributed by atoms with Crippen LogP contribution >= 0.6 is 0 Å². The molecule has 0 aliphatic carbocycles. The summed E-state index contributed by atoms with van der Waals surface area (Å²) in [6, 6.07) is 5.29. The number of urea groups is 1. The number of carboxylic acid groups (broad SMARTS) is 1. The third-order valence-corrected chi connectivity index (χ3v) is 2.75. The highest BCUT2D eigenvalue weighted by Crippen LogP contribution is 2.01. The highest BCUT2D eigenvalue weighted by Gasteiger charge is 2.12. The Morgan fingerprint density at radius 2 is 2.21 bits per heavy atom. The standard InChI is InChI=1S/C13H19N3O3/c1-10(12(17)18)6-8-15-13(19)16(2)9-11-5-3-4-7-14-11/h3-5,7,10H,6,8-9H2,1-2H3,(H,15,19)(H,17,18). The summed E-state index contributed by atoms with van der Waals surface area (Å²) >= 11 is 0. The number of hydrogen-bond donors (Lipinski definition) is 2. The first-order chi connectivity index (χ1) is 9.00. The van der Waals surface area contributed by atoms with E-state index in [1.54, 1.807) is 20.2 Å². The molecule has 1 atom stereocenters. The van der Waals surface area contributed by atoms with Crippen molar-refractivity contribution in [3.63, 3.8) is 0 Å². The monoisotopic (exact) mass is 265 g/mol. The summed E-state index contributed by atoms with van der Waals surface area (Å²) in [5, 5.41) is 11.4. The number of aromatic nitrogens is 1. The number of nitrogens with zero attached hydrogens (tertiary/aromatic N) is 2. The van der Waals surface area contributed by atoms with Crippen molar-refractivity contribution in [1.82, 2.24) is 15.2 Å². The molecule has 0 aliphatic rings. The van der Waals surface area contributed by atoms with Crippen molar-refractivity contribution in [2.75, 3.05) is 13.6 Å². The summed E-state index contributed by atoms with van der Waals surface area (Å²) in [5.74, 6) is -1.31. The molecular formula is C13H19N3O3. The van der Waals surface area contributed by atoms with Gasteiger partial charge in [0.1, 0.15) is 0 Å². The Morgan fingerprint density at radius 1 is 1.47 bits per heavy atom. The first-order valence-electron chi connectivity index (χ1n) is 6.12. The summed E-state index contributed by atoms with van der Waals surface area (Å²) in [4.78, 5) is 28.0. The molecule has 0 radical (unpaired) electrons. The zero-order valence-electron chi connectivity index (χ0n) is 11.2. The van der Waals surface area contributed by atoms with Crippen LogP contribution in [0.3, 0.4) is 0 Å². The number of nitrogens with one attached hydrogen (secondary N) is 1. The lowest BCUT2D eigenvalue weighted by molar-refractivity contribution is -0.141. The number of amides is 2. The molecule has 1 aromatic heterocycles. The average molecular weight is 265 g/mol. The van der Waals surface area contributed by atoms with Gasteiger partial charge in [0.25, 0.3) is 0 Å². The molecule has 0 fully saturated rings. The fourth-order valence-corrected chi connectivity index (χ4v) is 1.46. The van der Waals surface area contributed by atoms with Gasteiger partial charge in [-0.2, -0.15) is 0 Å². The number of pyridine rings is 1. The van der Waals surface area contributed by atoms with Crippen LogP contribution in [-0.4, -0.2) is 40.6 Å². The van der Waals surface area contributed by atoms with Crippen molar-refractivity contribution in [1.29, 1.82) is 0 Å². The van der Waals surface area contributed by atoms with Gasteiger partial charge < -0.3 is 15.3 Å². The Hall–Kier alpha value is -2.11. The molecule has 2 amide bonds. The molecule has 0 spiro atoms. The van der Waals surface area contributed by atoms with Crippen molar-refractivity contribution in [2.24, 2.45) is 5.92 Å². The van der Waals surface area contributed by atoms with Crippen molar-refractivity contribution < 1.29 is 14.7 Å². The van der Waals surface area contributed by atoms with E-state index in [0.717, 1.165) is 5.69 Å². The second-order valence-electron chi connectivity index (χ2n) is 4.44. The molecule has 0 aromatic carbocycles. The fourth-order valence-electron chi connectivity index (χ4n) is 1.46. The summed E-state index contributed by atoms with van der Waals surface area (Å²) in [7, 11) is 1.67. The Kier molecular flexibility index (Phi) is 5.78. The van der Waals surface area contributed by atoms with Gasteiger partial charge in [-0.3, -0.25) is 9.78 Å². The lowest BCUT2D eigenvalue weighted by Crippen LogP contribution is -2.38. The smallest absolute Gasteiger partial charge is 0.317 e. The number of rotatable bonds is 6.